The zero-order valence-electron chi connectivity index (χ0n) is 14.7. The largest absolute Gasteiger partial charge is 0.595 e. The molecular weight excluding hydrogens is 290 g/mol. The highest BCUT2D eigenvalue weighted by molar-refractivity contribution is 4.92. The van der Waals surface area contributed by atoms with E-state index < -0.39 is 0 Å². The first-order valence-corrected chi connectivity index (χ1v) is 8.77. The summed E-state index contributed by atoms with van der Waals surface area (Å²) in [5, 5.41) is 23.0. The van der Waals surface area contributed by atoms with Crippen molar-refractivity contribution in [1.29, 1.82) is 0 Å². The molecule has 0 saturated carbocycles. The number of hydrogen-bond donors (Lipinski definition) is 0. The molecule has 23 heavy (non-hydrogen) atoms. The van der Waals surface area contributed by atoms with E-state index in [1.165, 1.54) is 31.9 Å². The molecule has 0 aromatic carbocycles. The van der Waals surface area contributed by atoms with E-state index in [1.54, 1.807) is 0 Å². The minimum absolute atomic E-state index is 0.535. The molecule has 1 heterocycles. The maximum absolute atomic E-state index is 10.8. The number of hydrogen-bond acceptors (Lipinski definition) is 4. The van der Waals surface area contributed by atoms with Gasteiger partial charge in [0.1, 0.15) is 6.54 Å². The average Bonchev–Trinajstić information content (AvgIpc) is 2.98. The summed E-state index contributed by atoms with van der Waals surface area (Å²) in [6.07, 6.45) is 12.3. The molecule has 0 fully saturated rings. The van der Waals surface area contributed by atoms with Gasteiger partial charge in [0.15, 0.2) is 0 Å². The molecule has 0 aliphatic heterocycles. The van der Waals surface area contributed by atoms with E-state index in [0.717, 1.165) is 37.9 Å². The number of hydroxylamine groups is 1. The molecule has 130 valence electrons. The number of unbranched alkanes of at least 4 members (excludes halogenated alkanes) is 5. The summed E-state index contributed by atoms with van der Waals surface area (Å²) in [4.78, 5) is 0.535. The zero-order chi connectivity index (χ0) is 16.9. The fourth-order valence-corrected chi connectivity index (χ4v) is 2.32. The molecule has 0 atom stereocenters. The van der Waals surface area contributed by atoms with Crippen LogP contribution in [-0.4, -0.2) is 26.4 Å². The molecule has 0 amide bonds. The van der Waals surface area contributed by atoms with Crippen molar-refractivity contribution in [3.05, 3.63) is 29.9 Å². The van der Waals surface area contributed by atoms with Crippen LogP contribution in [0.3, 0.4) is 0 Å². The average molecular weight is 321 g/mol. The van der Waals surface area contributed by atoms with Crippen LogP contribution in [0.1, 0.15) is 64.5 Å². The molecule has 6 heteroatoms. The molecule has 1 aromatic heterocycles. The van der Waals surface area contributed by atoms with Crippen LogP contribution in [0.4, 0.5) is 0 Å². The third-order valence-corrected chi connectivity index (χ3v) is 3.75. The van der Waals surface area contributed by atoms with Crippen molar-refractivity contribution in [2.24, 2.45) is 11.0 Å². The minimum Gasteiger partial charge on any atom is -0.595 e. The molecule has 0 spiro atoms. The van der Waals surface area contributed by atoms with E-state index in [-0.39, 0.29) is 0 Å². The first kappa shape index (κ1) is 19.3. The van der Waals surface area contributed by atoms with E-state index in [1.807, 2.05) is 4.68 Å². The van der Waals surface area contributed by atoms with Gasteiger partial charge in [-0.3, -0.25) is 4.68 Å². The van der Waals surface area contributed by atoms with Gasteiger partial charge >= 0.3 is 0 Å². The molecule has 0 radical (unpaired) electrons. The van der Waals surface area contributed by atoms with Crippen molar-refractivity contribution in [2.45, 2.75) is 71.8 Å². The maximum Gasteiger partial charge on any atom is 0.202 e. The second kappa shape index (κ2) is 11.8. The predicted molar refractivity (Wildman–Crippen MR) is 92.0 cm³/mol. The van der Waals surface area contributed by atoms with E-state index >= 15 is 0 Å². The van der Waals surface area contributed by atoms with Gasteiger partial charge in [0.2, 0.25) is 6.20 Å². The number of aromatic nitrogens is 3. The van der Waals surface area contributed by atoms with Gasteiger partial charge < -0.3 is 5.21 Å². The van der Waals surface area contributed by atoms with Crippen molar-refractivity contribution in [2.75, 3.05) is 6.54 Å². The molecule has 0 N–H and O–H groups in total. The summed E-state index contributed by atoms with van der Waals surface area (Å²) in [5.74, 6) is 0.710. The smallest absolute Gasteiger partial charge is 0.202 e. The standard InChI is InChI=1S/C17H31N5O/c1-4-22(23)18-13-9-7-5-6-8-10-14-21-15-17(19-20-21)12-11-16(2)3/h4,15-16H,1,5-14H2,2-3H3. The Hall–Kier alpha value is -1.72. The summed E-state index contributed by atoms with van der Waals surface area (Å²) < 4.78 is 1.96. The van der Waals surface area contributed by atoms with Crippen molar-refractivity contribution in [1.82, 2.24) is 15.0 Å². The minimum atomic E-state index is 0.535. The first-order valence-electron chi connectivity index (χ1n) is 8.77. The van der Waals surface area contributed by atoms with Crippen LogP contribution >= 0.6 is 0 Å². The Morgan fingerprint density at radius 2 is 1.96 bits per heavy atom. The first-order chi connectivity index (χ1) is 11.1. The molecule has 0 bridgehead atoms. The van der Waals surface area contributed by atoms with Gasteiger partial charge in [0, 0.05) is 12.7 Å². The van der Waals surface area contributed by atoms with Crippen LogP contribution in [0, 0.1) is 11.1 Å². The molecule has 0 unspecified atom stereocenters. The van der Waals surface area contributed by atoms with Crippen molar-refractivity contribution in [3.63, 3.8) is 0 Å². The van der Waals surface area contributed by atoms with E-state index in [2.05, 4.69) is 42.0 Å². The fourth-order valence-electron chi connectivity index (χ4n) is 2.32. The second-order valence-corrected chi connectivity index (χ2v) is 6.38. The van der Waals surface area contributed by atoms with Gasteiger partial charge in [-0.05, 0) is 43.3 Å². The Labute approximate surface area is 139 Å². The van der Waals surface area contributed by atoms with E-state index in [4.69, 9.17) is 0 Å². The molecule has 0 saturated heterocycles. The van der Waals surface area contributed by atoms with E-state index in [9.17, 15) is 5.21 Å². The third-order valence-electron chi connectivity index (χ3n) is 3.75. The highest BCUT2D eigenvalue weighted by Gasteiger charge is 2.02. The van der Waals surface area contributed by atoms with Gasteiger partial charge in [-0.2, -0.15) is 0 Å². The number of aryl methyl sites for hydroxylation is 2. The quantitative estimate of drug-likeness (QED) is 0.235. The Morgan fingerprint density at radius 3 is 2.65 bits per heavy atom. The summed E-state index contributed by atoms with van der Waals surface area (Å²) in [5.41, 5.74) is 1.11. The Morgan fingerprint density at radius 1 is 1.26 bits per heavy atom. The van der Waals surface area contributed by atoms with Crippen LogP contribution in [0.5, 0.6) is 0 Å². The number of rotatable bonds is 13. The molecule has 1 aromatic rings. The molecule has 6 nitrogen and oxygen atoms in total. The van der Waals surface area contributed by atoms with Crippen molar-refractivity contribution >= 4 is 0 Å². The molecule has 0 aliphatic carbocycles. The van der Waals surface area contributed by atoms with Gasteiger partial charge in [0.05, 0.1) is 5.69 Å². The maximum atomic E-state index is 10.8. The number of azo groups is 1. The van der Waals surface area contributed by atoms with Crippen molar-refractivity contribution in [3.8, 4) is 0 Å². The van der Waals surface area contributed by atoms with Crippen LogP contribution in [-0.2, 0) is 13.0 Å². The van der Waals surface area contributed by atoms with E-state index in [0.29, 0.717) is 17.3 Å². The Balaban J connectivity index is 1.99. The lowest BCUT2D eigenvalue weighted by molar-refractivity contribution is -0.458. The second-order valence-electron chi connectivity index (χ2n) is 6.38. The lowest BCUT2D eigenvalue weighted by atomic mass is 10.1. The van der Waals surface area contributed by atoms with Crippen molar-refractivity contribution < 1.29 is 4.86 Å². The molecule has 1 rings (SSSR count). The Kier molecular flexibility index (Phi) is 9.91. The topological polar surface area (TPSA) is 69.1 Å². The van der Waals surface area contributed by atoms with Crippen LogP contribution in [0.15, 0.2) is 24.1 Å². The molecule has 0 aliphatic rings. The summed E-state index contributed by atoms with van der Waals surface area (Å²) >= 11 is 0. The summed E-state index contributed by atoms with van der Waals surface area (Å²) in [6.45, 7) is 9.37. The molecular formula is C17H31N5O. The monoisotopic (exact) mass is 321 g/mol. The van der Waals surface area contributed by atoms with Gasteiger partial charge in [-0.15, -0.1) is 5.10 Å². The SMILES string of the molecule is C=C[N+]([O-])=NCCCCCCCCn1cc(CCC(C)C)nn1. The summed E-state index contributed by atoms with van der Waals surface area (Å²) in [6, 6.07) is 0. The highest BCUT2D eigenvalue weighted by atomic mass is 16.5. The highest BCUT2D eigenvalue weighted by Crippen LogP contribution is 2.08. The Bertz CT molecular complexity index is 467. The normalized spacial score (nSPS) is 12.0. The van der Waals surface area contributed by atoms with Crippen LogP contribution < -0.4 is 0 Å². The number of nitrogens with zero attached hydrogens (tertiary/aromatic N) is 5. The fraction of sp³-hybridized carbons (Fsp3) is 0.765. The lowest BCUT2D eigenvalue weighted by Crippen LogP contribution is -1.98. The lowest BCUT2D eigenvalue weighted by Gasteiger charge is -2.02. The predicted octanol–water partition coefficient (Wildman–Crippen LogP) is 4.31. The van der Waals surface area contributed by atoms with Gasteiger partial charge in [0.25, 0.3) is 0 Å². The van der Waals surface area contributed by atoms with Crippen LogP contribution in [0.25, 0.3) is 0 Å². The third kappa shape index (κ3) is 9.81. The van der Waals surface area contributed by atoms with Crippen LogP contribution in [0.2, 0.25) is 0 Å². The van der Waals surface area contributed by atoms with Gasteiger partial charge in [-0.1, -0.05) is 49.6 Å². The summed E-state index contributed by atoms with van der Waals surface area (Å²) in [7, 11) is 0. The zero-order valence-corrected chi connectivity index (χ0v) is 14.7. The van der Waals surface area contributed by atoms with Gasteiger partial charge in [-0.25, -0.2) is 0 Å².